The summed E-state index contributed by atoms with van der Waals surface area (Å²) in [5, 5.41) is 3.02. The van der Waals surface area contributed by atoms with Crippen molar-refractivity contribution in [2.45, 2.75) is 65.5 Å². The van der Waals surface area contributed by atoms with E-state index in [0.717, 1.165) is 6.54 Å². The molecule has 2 aliphatic rings. The fraction of sp³-hybridized carbons (Fsp3) is 0.875. The minimum absolute atomic E-state index is 0.0246. The van der Waals surface area contributed by atoms with Crippen LogP contribution in [-0.2, 0) is 9.59 Å². The van der Waals surface area contributed by atoms with Gasteiger partial charge in [-0.3, -0.25) is 9.59 Å². The van der Waals surface area contributed by atoms with Crippen molar-refractivity contribution in [3.05, 3.63) is 0 Å². The molecular formula is C16H28N2O2. The van der Waals surface area contributed by atoms with Gasteiger partial charge in [-0.15, -0.1) is 0 Å². The van der Waals surface area contributed by atoms with Crippen molar-refractivity contribution in [2.75, 3.05) is 6.54 Å². The highest BCUT2D eigenvalue weighted by atomic mass is 16.2. The van der Waals surface area contributed by atoms with Gasteiger partial charge in [-0.05, 0) is 37.0 Å². The van der Waals surface area contributed by atoms with E-state index in [-0.39, 0.29) is 23.8 Å². The quantitative estimate of drug-likeness (QED) is 0.839. The SMILES string of the molecule is CCC1(CC)NC(=O)C(C(C)C)N(CC2CC2C)C1=O. The van der Waals surface area contributed by atoms with Gasteiger partial charge in [0.1, 0.15) is 11.6 Å². The number of nitrogens with zero attached hydrogens (tertiary/aromatic N) is 1. The Balaban J connectivity index is 2.28. The van der Waals surface area contributed by atoms with Gasteiger partial charge in [0.2, 0.25) is 11.8 Å². The first-order chi connectivity index (χ1) is 9.36. The van der Waals surface area contributed by atoms with Crippen molar-refractivity contribution in [3.63, 3.8) is 0 Å². The first kappa shape index (κ1) is 15.3. The van der Waals surface area contributed by atoms with Crippen LogP contribution in [-0.4, -0.2) is 34.8 Å². The summed E-state index contributed by atoms with van der Waals surface area (Å²) in [6.07, 6.45) is 2.51. The van der Waals surface area contributed by atoms with Crippen molar-refractivity contribution in [1.82, 2.24) is 10.2 Å². The molecular weight excluding hydrogens is 252 g/mol. The minimum atomic E-state index is -0.680. The van der Waals surface area contributed by atoms with Gasteiger partial charge < -0.3 is 10.2 Å². The molecule has 0 aromatic carbocycles. The lowest BCUT2D eigenvalue weighted by Crippen LogP contribution is -2.71. The summed E-state index contributed by atoms with van der Waals surface area (Å²) in [6, 6.07) is -0.304. The van der Waals surface area contributed by atoms with Crippen LogP contribution in [0, 0.1) is 17.8 Å². The molecule has 4 nitrogen and oxygen atoms in total. The Morgan fingerprint density at radius 3 is 2.25 bits per heavy atom. The molecule has 1 saturated carbocycles. The average molecular weight is 280 g/mol. The Morgan fingerprint density at radius 2 is 1.85 bits per heavy atom. The number of nitrogens with one attached hydrogen (secondary N) is 1. The van der Waals surface area contributed by atoms with Crippen LogP contribution in [0.5, 0.6) is 0 Å². The highest BCUT2D eigenvalue weighted by Gasteiger charge is 2.51. The zero-order valence-electron chi connectivity index (χ0n) is 13.4. The summed E-state index contributed by atoms with van der Waals surface area (Å²) in [5.74, 6) is 1.58. The summed E-state index contributed by atoms with van der Waals surface area (Å²) in [6.45, 7) is 11.0. The molecule has 1 aliphatic carbocycles. The number of amides is 2. The van der Waals surface area contributed by atoms with E-state index >= 15 is 0 Å². The smallest absolute Gasteiger partial charge is 0.249 e. The molecule has 1 N–H and O–H groups in total. The molecule has 20 heavy (non-hydrogen) atoms. The lowest BCUT2D eigenvalue weighted by atomic mass is 9.84. The minimum Gasteiger partial charge on any atom is -0.340 e. The van der Waals surface area contributed by atoms with Crippen LogP contribution in [0.1, 0.15) is 53.9 Å². The predicted octanol–water partition coefficient (Wildman–Crippen LogP) is 2.18. The Morgan fingerprint density at radius 1 is 1.30 bits per heavy atom. The maximum atomic E-state index is 13.0. The van der Waals surface area contributed by atoms with E-state index in [4.69, 9.17) is 0 Å². The Kier molecular flexibility index (Phi) is 4.12. The maximum absolute atomic E-state index is 13.0. The van der Waals surface area contributed by atoms with E-state index in [1.54, 1.807) is 0 Å². The maximum Gasteiger partial charge on any atom is 0.249 e. The van der Waals surface area contributed by atoms with Crippen molar-refractivity contribution < 1.29 is 9.59 Å². The molecule has 2 fully saturated rings. The van der Waals surface area contributed by atoms with Gasteiger partial charge in [0, 0.05) is 6.54 Å². The van der Waals surface area contributed by atoms with Crippen LogP contribution in [0.3, 0.4) is 0 Å². The molecule has 4 heteroatoms. The lowest BCUT2D eigenvalue weighted by molar-refractivity contribution is -0.157. The number of hydrogen-bond donors (Lipinski definition) is 1. The van der Waals surface area contributed by atoms with Crippen molar-refractivity contribution >= 4 is 11.8 Å². The fourth-order valence-corrected chi connectivity index (χ4v) is 3.40. The third kappa shape index (κ3) is 2.45. The van der Waals surface area contributed by atoms with Crippen LogP contribution in [0.25, 0.3) is 0 Å². The monoisotopic (exact) mass is 280 g/mol. The zero-order chi connectivity index (χ0) is 15.1. The highest BCUT2D eigenvalue weighted by Crippen LogP contribution is 2.40. The fourth-order valence-electron chi connectivity index (χ4n) is 3.40. The molecule has 3 unspecified atom stereocenters. The number of rotatable bonds is 5. The third-order valence-corrected chi connectivity index (χ3v) is 5.18. The van der Waals surface area contributed by atoms with Crippen LogP contribution < -0.4 is 5.32 Å². The van der Waals surface area contributed by atoms with Gasteiger partial charge in [-0.1, -0.05) is 34.6 Å². The largest absolute Gasteiger partial charge is 0.340 e. The summed E-state index contributed by atoms with van der Waals surface area (Å²) < 4.78 is 0. The Labute approximate surface area is 122 Å². The topological polar surface area (TPSA) is 49.4 Å². The van der Waals surface area contributed by atoms with Gasteiger partial charge in [0.15, 0.2) is 0 Å². The molecule has 0 aromatic heterocycles. The Bertz CT molecular complexity index is 401. The van der Waals surface area contributed by atoms with E-state index in [0.29, 0.717) is 24.7 Å². The summed E-state index contributed by atoms with van der Waals surface area (Å²) in [5.41, 5.74) is -0.680. The van der Waals surface area contributed by atoms with Gasteiger partial charge in [0.05, 0.1) is 0 Å². The number of carbonyl (C=O) groups is 2. The van der Waals surface area contributed by atoms with Crippen molar-refractivity contribution in [1.29, 1.82) is 0 Å². The second-order valence-corrected chi connectivity index (χ2v) is 6.90. The van der Waals surface area contributed by atoms with Crippen LogP contribution >= 0.6 is 0 Å². The second-order valence-electron chi connectivity index (χ2n) is 6.90. The van der Waals surface area contributed by atoms with Crippen LogP contribution in [0.15, 0.2) is 0 Å². The number of piperazine rings is 1. The first-order valence-electron chi connectivity index (χ1n) is 7.99. The lowest BCUT2D eigenvalue weighted by Gasteiger charge is -2.47. The molecule has 0 radical (unpaired) electrons. The second kappa shape index (κ2) is 5.38. The molecule has 0 aromatic rings. The molecule has 1 heterocycles. The normalized spacial score (nSPS) is 32.5. The zero-order valence-corrected chi connectivity index (χ0v) is 13.4. The molecule has 3 atom stereocenters. The van der Waals surface area contributed by atoms with E-state index in [1.807, 2.05) is 32.6 Å². The highest BCUT2D eigenvalue weighted by molar-refractivity contribution is 6.00. The number of carbonyl (C=O) groups excluding carboxylic acids is 2. The summed E-state index contributed by atoms with van der Waals surface area (Å²) >= 11 is 0. The average Bonchev–Trinajstić information content (AvgIpc) is 3.08. The molecule has 1 aliphatic heterocycles. The van der Waals surface area contributed by atoms with Gasteiger partial charge >= 0.3 is 0 Å². The van der Waals surface area contributed by atoms with Gasteiger partial charge in [0.25, 0.3) is 0 Å². The van der Waals surface area contributed by atoms with E-state index in [9.17, 15) is 9.59 Å². The van der Waals surface area contributed by atoms with Crippen LogP contribution in [0.4, 0.5) is 0 Å². The van der Waals surface area contributed by atoms with E-state index in [2.05, 4.69) is 12.2 Å². The van der Waals surface area contributed by atoms with Gasteiger partial charge in [-0.25, -0.2) is 0 Å². The molecule has 0 spiro atoms. The standard InChI is InChI=1S/C16H28N2O2/c1-6-16(7-2)15(20)18(9-12-8-11(12)5)13(10(3)4)14(19)17-16/h10-13H,6-9H2,1-5H3,(H,17,19). The van der Waals surface area contributed by atoms with Gasteiger partial charge in [-0.2, -0.15) is 0 Å². The van der Waals surface area contributed by atoms with Crippen molar-refractivity contribution in [3.8, 4) is 0 Å². The molecule has 0 bridgehead atoms. The third-order valence-electron chi connectivity index (χ3n) is 5.18. The molecule has 2 amide bonds. The van der Waals surface area contributed by atoms with E-state index in [1.165, 1.54) is 6.42 Å². The van der Waals surface area contributed by atoms with Crippen molar-refractivity contribution in [2.24, 2.45) is 17.8 Å². The Hall–Kier alpha value is -1.06. The summed E-state index contributed by atoms with van der Waals surface area (Å²) in [7, 11) is 0. The van der Waals surface area contributed by atoms with E-state index < -0.39 is 5.54 Å². The molecule has 114 valence electrons. The summed E-state index contributed by atoms with van der Waals surface area (Å²) in [4.78, 5) is 27.3. The predicted molar refractivity (Wildman–Crippen MR) is 79.1 cm³/mol. The van der Waals surface area contributed by atoms with Crippen LogP contribution in [0.2, 0.25) is 0 Å². The number of hydrogen-bond acceptors (Lipinski definition) is 2. The molecule has 2 rings (SSSR count). The first-order valence-corrected chi connectivity index (χ1v) is 7.99. The molecule has 1 saturated heterocycles.